The molecule has 0 aliphatic carbocycles. The van der Waals surface area contributed by atoms with Gasteiger partial charge < -0.3 is 11.1 Å². The monoisotopic (exact) mass is 306 g/mol. The first kappa shape index (κ1) is 14.8. The fourth-order valence-corrected chi connectivity index (χ4v) is 2.17. The maximum atomic E-state index is 5.92. The van der Waals surface area contributed by atoms with E-state index in [4.69, 9.17) is 5.73 Å². The Kier molecular flexibility index (Phi) is 4.33. The Bertz CT molecular complexity index is 807. The van der Waals surface area contributed by atoms with Crippen molar-refractivity contribution in [3.63, 3.8) is 0 Å². The number of rotatable bonds is 4. The summed E-state index contributed by atoms with van der Waals surface area (Å²) in [5, 5.41) is 10.1. The van der Waals surface area contributed by atoms with Gasteiger partial charge in [-0.05, 0) is 30.7 Å². The summed E-state index contributed by atoms with van der Waals surface area (Å²) < 4.78 is 0. The smallest absolute Gasteiger partial charge is 0.193 e. The number of para-hydroxylation sites is 1. The molecule has 6 heteroatoms. The van der Waals surface area contributed by atoms with E-state index in [1.54, 1.807) is 0 Å². The van der Waals surface area contributed by atoms with Crippen LogP contribution >= 0.6 is 0 Å². The second kappa shape index (κ2) is 6.74. The van der Waals surface area contributed by atoms with Crippen molar-refractivity contribution < 1.29 is 0 Å². The number of aliphatic imine (C=N–C) groups is 1. The molecule has 4 N–H and O–H groups in total. The lowest BCUT2D eigenvalue weighted by molar-refractivity contribution is 1.04. The number of nitrogens with zero attached hydrogens (tertiary/aromatic N) is 3. The number of hydrogen-bond donors (Lipinski definition) is 3. The fraction of sp³-hybridized carbons (Fsp3) is 0.118. The van der Waals surface area contributed by atoms with Gasteiger partial charge in [0, 0.05) is 11.3 Å². The van der Waals surface area contributed by atoms with Crippen LogP contribution in [0.4, 0.5) is 5.69 Å². The van der Waals surface area contributed by atoms with Crippen LogP contribution in [0.1, 0.15) is 11.4 Å². The van der Waals surface area contributed by atoms with E-state index in [0.29, 0.717) is 18.3 Å². The summed E-state index contributed by atoms with van der Waals surface area (Å²) in [6.07, 6.45) is 0. The third-order valence-corrected chi connectivity index (χ3v) is 3.26. The molecule has 0 bridgehead atoms. The summed E-state index contributed by atoms with van der Waals surface area (Å²) in [4.78, 5) is 8.70. The van der Waals surface area contributed by atoms with Gasteiger partial charge in [-0.1, -0.05) is 36.4 Å². The normalized spacial score (nSPS) is 11.4. The highest BCUT2D eigenvalue weighted by Gasteiger charge is 2.04. The lowest BCUT2D eigenvalue weighted by Gasteiger charge is -2.05. The second-order valence-corrected chi connectivity index (χ2v) is 5.14. The third-order valence-electron chi connectivity index (χ3n) is 3.26. The number of nitrogens with two attached hydrogens (primary N) is 1. The van der Waals surface area contributed by atoms with Crippen molar-refractivity contribution >= 4 is 11.6 Å². The van der Waals surface area contributed by atoms with Crippen LogP contribution in [-0.2, 0) is 6.54 Å². The Hall–Kier alpha value is -3.15. The zero-order chi connectivity index (χ0) is 16.1. The second-order valence-electron chi connectivity index (χ2n) is 5.14. The third kappa shape index (κ3) is 3.94. The van der Waals surface area contributed by atoms with E-state index >= 15 is 0 Å². The lowest BCUT2D eigenvalue weighted by atomic mass is 10.1. The molecule has 0 saturated carbocycles. The predicted molar refractivity (Wildman–Crippen MR) is 91.9 cm³/mol. The molecule has 0 radical (unpaired) electrons. The molecule has 0 atom stereocenters. The average molecular weight is 306 g/mol. The molecule has 3 rings (SSSR count). The van der Waals surface area contributed by atoms with E-state index in [1.807, 2.05) is 61.5 Å². The van der Waals surface area contributed by atoms with Crippen molar-refractivity contribution in [1.29, 1.82) is 0 Å². The van der Waals surface area contributed by atoms with Gasteiger partial charge in [-0.3, -0.25) is 5.10 Å². The number of hydrogen-bond acceptors (Lipinski definition) is 3. The summed E-state index contributed by atoms with van der Waals surface area (Å²) in [7, 11) is 0. The molecule has 6 nitrogen and oxygen atoms in total. The van der Waals surface area contributed by atoms with Crippen LogP contribution in [0.15, 0.2) is 59.6 Å². The van der Waals surface area contributed by atoms with Crippen LogP contribution in [0.5, 0.6) is 0 Å². The molecule has 2 aromatic carbocycles. The maximum absolute atomic E-state index is 5.92. The highest BCUT2D eigenvalue weighted by Crippen LogP contribution is 2.16. The van der Waals surface area contributed by atoms with Gasteiger partial charge in [-0.2, -0.15) is 5.10 Å². The van der Waals surface area contributed by atoms with Crippen LogP contribution in [0.2, 0.25) is 0 Å². The number of anilines is 1. The van der Waals surface area contributed by atoms with Crippen LogP contribution < -0.4 is 11.1 Å². The van der Waals surface area contributed by atoms with E-state index in [1.165, 1.54) is 0 Å². The van der Waals surface area contributed by atoms with E-state index in [2.05, 4.69) is 25.5 Å². The fourth-order valence-electron chi connectivity index (χ4n) is 2.17. The Balaban J connectivity index is 1.69. The number of aromatic amines is 1. The number of guanidine groups is 1. The minimum atomic E-state index is 0.385. The Morgan fingerprint density at radius 2 is 2.00 bits per heavy atom. The molecule has 0 fully saturated rings. The van der Waals surface area contributed by atoms with E-state index in [-0.39, 0.29) is 0 Å². The maximum Gasteiger partial charge on any atom is 0.193 e. The zero-order valence-corrected chi connectivity index (χ0v) is 12.8. The van der Waals surface area contributed by atoms with Gasteiger partial charge in [-0.15, -0.1) is 0 Å². The van der Waals surface area contributed by atoms with Crippen LogP contribution in [-0.4, -0.2) is 21.1 Å². The van der Waals surface area contributed by atoms with Gasteiger partial charge in [-0.25, -0.2) is 9.98 Å². The average Bonchev–Trinajstić information content (AvgIpc) is 3.01. The van der Waals surface area contributed by atoms with Crippen molar-refractivity contribution in [2.75, 3.05) is 5.32 Å². The topological polar surface area (TPSA) is 92.0 Å². The van der Waals surface area contributed by atoms with Crippen LogP contribution in [0, 0.1) is 6.92 Å². The Labute approximate surface area is 134 Å². The van der Waals surface area contributed by atoms with Gasteiger partial charge in [0.05, 0.1) is 6.54 Å². The molecule has 23 heavy (non-hydrogen) atoms. The summed E-state index contributed by atoms with van der Waals surface area (Å²) in [5.74, 6) is 1.86. The molecule has 0 aliphatic rings. The standard InChI is InChI=1S/C17H18N6/c1-12-20-16(23-22-12)14-7-5-6-13(10-14)11-19-17(18)21-15-8-3-2-4-9-15/h2-10H,11H2,1H3,(H3,18,19,21)(H,20,22,23). The first-order valence-corrected chi connectivity index (χ1v) is 7.31. The minimum absolute atomic E-state index is 0.385. The molecular formula is C17H18N6. The van der Waals surface area contributed by atoms with Gasteiger partial charge >= 0.3 is 0 Å². The lowest BCUT2D eigenvalue weighted by Crippen LogP contribution is -2.22. The molecule has 1 heterocycles. The highest BCUT2D eigenvalue weighted by molar-refractivity contribution is 5.92. The molecule has 0 amide bonds. The van der Waals surface area contributed by atoms with Crippen molar-refractivity contribution in [1.82, 2.24) is 15.2 Å². The molecule has 116 valence electrons. The molecular weight excluding hydrogens is 288 g/mol. The number of benzene rings is 2. The van der Waals surface area contributed by atoms with E-state index < -0.39 is 0 Å². The van der Waals surface area contributed by atoms with Crippen molar-refractivity contribution in [2.24, 2.45) is 10.7 Å². The van der Waals surface area contributed by atoms with Crippen LogP contribution in [0.3, 0.4) is 0 Å². The van der Waals surface area contributed by atoms with Crippen molar-refractivity contribution in [3.8, 4) is 11.4 Å². The summed E-state index contributed by atoms with van der Waals surface area (Å²) in [5.41, 5.74) is 8.83. The van der Waals surface area contributed by atoms with Gasteiger partial charge in [0.2, 0.25) is 0 Å². The Morgan fingerprint density at radius 3 is 2.74 bits per heavy atom. The molecule has 0 unspecified atom stereocenters. The Morgan fingerprint density at radius 1 is 1.17 bits per heavy atom. The molecule has 0 saturated heterocycles. The molecule has 1 aromatic heterocycles. The predicted octanol–water partition coefficient (Wildman–Crippen LogP) is 2.71. The SMILES string of the molecule is Cc1nc(-c2cccc(CN=C(N)Nc3ccccc3)c2)n[nH]1. The minimum Gasteiger partial charge on any atom is -0.370 e. The first-order chi connectivity index (χ1) is 11.2. The molecule has 3 aromatic rings. The number of aryl methyl sites for hydroxylation is 1. The first-order valence-electron chi connectivity index (χ1n) is 7.31. The quantitative estimate of drug-likeness (QED) is 0.510. The number of aromatic nitrogens is 3. The van der Waals surface area contributed by atoms with Gasteiger partial charge in [0.15, 0.2) is 11.8 Å². The summed E-state index contributed by atoms with van der Waals surface area (Å²) in [6.45, 7) is 2.36. The van der Waals surface area contributed by atoms with Crippen LogP contribution in [0.25, 0.3) is 11.4 Å². The van der Waals surface area contributed by atoms with Gasteiger partial charge in [0.25, 0.3) is 0 Å². The largest absolute Gasteiger partial charge is 0.370 e. The summed E-state index contributed by atoms with van der Waals surface area (Å²) in [6, 6.07) is 17.7. The van der Waals surface area contributed by atoms with Crippen molar-refractivity contribution in [3.05, 3.63) is 66.0 Å². The zero-order valence-electron chi connectivity index (χ0n) is 12.8. The number of nitrogens with one attached hydrogen (secondary N) is 2. The molecule has 0 aliphatic heterocycles. The molecule has 0 spiro atoms. The van der Waals surface area contributed by atoms with E-state index in [9.17, 15) is 0 Å². The van der Waals surface area contributed by atoms with Crippen molar-refractivity contribution in [2.45, 2.75) is 13.5 Å². The highest BCUT2D eigenvalue weighted by atomic mass is 15.2. The van der Waals surface area contributed by atoms with E-state index in [0.717, 1.165) is 22.6 Å². The number of H-pyrrole nitrogens is 1. The summed E-state index contributed by atoms with van der Waals surface area (Å²) >= 11 is 0. The van der Waals surface area contributed by atoms with Gasteiger partial charge in [0.1, 0.15) is 5.82 Å².